The normalized spacial score (nSPS) is 12.3. The molecule has 0 spiro atoms. The molecule has 1 atom stereocenters. The van der Waals surface area contributed by atoms with E-state index < -0.39 is 0 Å². The van der Waals surface area contributed by atoms with Crippen LogP contribution in [0.5, 0.6) is 0 Å². The average molecular weight is 308 g/mol. The molecule has 0 aliphatic carbocycles. The second-order valence-electron chi connectivity index (χ2n) is 5.77. The van der Waals surface area contributed by atoms with E-state index in [4.69, 9.17) is 4.42 Å². The van der Waals surface area contributed by atoms with Crippen molar-refractivity contribution in [3.05, 3.63) is 53.8 Å². The van der Waals surface area contributed by atoms with Crippen LogP contribution in [0.3, 0.4) is 0 Å². The molecule has 3 rings (SSSR count). The molecule has 0 aliphatic rings. The second-order valence-corrected chi connectivity index (χ2v) is 5.77. The monoisotopic (exact) mass is 308 g/mol. The maximum atomic E-state index is 12.6. The first-order chi connectivity index (χ1) is 11.1. The lowest BCUT2D eigenvalue weighted by Crippen LogP contribution is -2.32. The summed E-state index contributed by atoms with van der Waals surface area (Å²) in [6.45, 7) is 5.94. The van der Waals surface area contributed by atoms with E-state index in [1.807, 2.05) is 57.2 Å². The van der Waals surface area contributed by atoms with Gasteiger partial charge >= 0.3 is 0 Å². The Hall–Kier alpha value is -2.62. The SMILES string of the molecule is CCC(C)NC(=O)c1cc(-c2ccc(C)o2)nc2ccccc12. The Balaban J connectivity index is 2.13. The van der Waals surface area contributed by atoms with Crippen LogP contribution in [0, 0.1) is 6.92 Å². The first-order valence-electron chi connectivity index (χ1n) is 7.86. The van der Waals surface area contributed by atoms with Crippen LogP contribution in [0.4, 0.5) is 0 Å². The number of hydrogen-bond donors (Lipinski definition) is 1. The van der Waals surface area contributed by atoms with Crippen LogP contribution in [0.15, 0.2) is 46.9 Å². The molecule has 23 heavy (non-hydrogen) atoms. The van der Waals surface area contributed by atoms with Crippen molar-refractivity contribution < 1.29 is 9.21 Å². The van der Waals surface area contributed by atoms with Gasteiger partial charge in [0.05, 0.1) is 11.1 Å². The van der Waals surface area contributed by atoms with Crippen LogP contribution in [0.1, 0.15) is 36.4 Å². The van der Waals surface area contributed by atoms with Gasteiger partial charge in [0.25, 0.3) is 5.91 Å². The Morgan fingerprint density at radius 2 is 2.04 bits per heavy atom. The van der Waals surface area contributed by atoms with E-state index in [9.17, 15) is 4.79 Å². The van der Waals surface area contributed by atoms with Gasteiger partial charge in [0.15, 0.2) is 5.76 Å². The molecule has 1 unspecified atom stereocenters. The minimum absolute atomic E-state index is 0.0810. The summed E-state index contributed by atoms with van der Waals surface area (Å²) in [5.41, 5.74) is 2.08. The molecule has 0 fully saturated rings. The van der Waals surface area contributed by atoms with E-state index in [-0.39, 0.29) is 11.9 Å². The van der Waals surface area contributed by atoms with Crippen molar-refractivity contribution in [3.63, 3.8) is 0 Å². The molecule has 118 valence electrons. The molecule has 1 amide bonds. The predicted octanol–water partition coefficient (Wildman–Crippen LogP) is 4.33. The molecule has 0 saturated carbocycles. The third-order valence-electron chi connectivity index (χ3n) is 3.94. The van der Waals surface area contributed by atoms with E-state index in [0.29, 0.717) is 17.0 Å². The van der Waals surface area contributed by atoms with E-state index >= 15 is 0 Å². The van der Waals surface area contributed by atoms with Crippen LogP contribution < -0.4 is 5.32 Å². The number of para-hydroxylation sites is 1. The maximum Gasteiger partial charge on any atom is 0.252 e. The summed E-state index contributed by atoms with van der Waals surface area (Å²) in [5.74, 6) is 1.41. The van der Waals surface area contributed by atoms with Crippen LogP contribution in [0.25, 0.3) is 22.4 Å². The van der Waals surface area contributed by atoms with Gasteiger partial charge < -0.3 is 9.73 Å². The Morgan fingerprint density at radius 3 is 2.74 bits per heavy atom. The standard InChI is InChI=1S/C19H20N2O2/c1-4-12(2)20-19(22)15-11-17(18-10-9-13(3)23-18)21-16-8-6-5-7-14(15)16/h5-12H,4H2,1-3H3,(H,20,22). The maximum absolute atomic E-state index is 12.6. The number of aromatic nitrogens is 1. The van der Waals surface area contributed by atoms with Gasteiger partial charge in [-0.15, -0.1) is 0 Å². The zero-order chi connectivity index (χ0) is 16.4. The molecule has 0 bridgehead atoms. The number of rotatable bonds is 4. The number of pyridine rings is 1. The molecule has 3 aromatic rings. The molecule has 0 radical (unpaired) electrons. The number of carbonyl (C=O) groups excluding carboxylic acids is 1. The number of fused-ring (bicyclic) bond motifs is 1. The fourth-order valence-electron chi connectivity index (χ4n) is 2.47. The molecular formula is C19H20N2O2. The van der Waals surface area contributed by atoms with Gasteiger partial charge in [-0.05, 0) is 44.5 Å². The number of hydrogen-bond acceptors (Lipinski definition) is 3. The number of carbonyl (C=O) groups is 1. The highest BCUT2D eigenvalue weighted by molar-refractivity contribution is 6.07. The summed E-state index contributed by atoms with van der Waals surface area (Å²) < 4.78 is 5.66. The van der Waals surface area contributed by atoms with Crippen molar-refractivity contribution >= 4 is 16.8 Å². The first-order valence-corrected chi connectivity index (χ1v) is 7.86. The lowest BCUT2D eigenvalue weighted by molar-refractivity contribution is 0.0941. The van der Waals surface area contributed by atoms with Crippen LogP contribution in [-0.2, 0) is 0 Å². The quantitative estimate of drug-likeness (QED) is 0.780. The van der Waals surface area contributed by atoms with Crippen molar-refractivity contribution in [2.24, 2.45) is 0 Å². The minimum Gasteiger partial charge on any atom is -0.460 e. The Morgan fingerprint density at radius 1 is 1.26 bits per heavy atom. The molecular weight excluding hydrogens is 288 g/mol. The zero-order valence-electron chi connectivity index (χ0n) is 13.6. The zero-order valence-corrected chi connectivity index (χ0v) is 13.6. The van der Waals surface area contributed by atoms with E-state index in [0.717, 1.165) is 23.1 Å². The molecule has 0 saturated heterocycles. The smallest absolute Gasteiger partial charge is 0.252 e. The lowest BCUT2D eigenvalue weighted by Gasteiger charge is -2.13. The van der Waals surface area contributed by atoms with Crippen molar-refractivity contribution in [1.82, 2.24) is 10.3 Å². The number of aryl methyl sites for hydroxylation is 1. The van der Waals surface area contributed by atoms with Crippen LogP contribution in [-0.4, -0.2) is 16.9 Å². The molecule has 4 nitrogen and oxygen atoms in total. The van der Waals surface area contributed by atoms with Gasteiger partial charge in [0, 0.05) is 11.4 Å². The van der Waals surface area contributed by atoms with Gasteiger partial charge in [-0.3, -0.25) is 4.79 Å². The second kappa shape index (κ2) is 6.24. The highest BCUT2D eigenvalue weighted by Gasteiger charge is 2.16. The highest BCUT2D eigenvalue weighted by atomic mass is 16.3. The Bertz CT molecular complexity index is 851. The average Bonchev–Trinajstić information content (AvgIpc) is 3.00. The summed E-state index contributed by atoms with van der Waals surface area (Å²) in [7, 11) is 0. The summed E-state index contributed by atoms with van der Waals surface area (Å²) in [5, 5.41) is 3.87. The van der Waals surface area contributed by atoms with Crippen LogP contribution in [0.2, 0.25) is 0 Å². The topological polar surface area (TPSA) is 55.1 Å². The number of nitrogens with one attached hydrogen (secondary N) is 1. The van der Waals surface area contributed by atoms with E-state index in [2.05, 4.69) is 10.3 Å². The highest BCUT2D eigenvalue weighted by Crippen LogP contribution is 2.26. The number of furan rings is 1. The van der Waals surface area contributed by atoms with Crippen molar-refractivity contribution in [2.45, 2.75) is 33.2 Å². The fraction of sp³-hybridized carbons (Fsp3) is 0.263. The first kappa shape index (κ1) is 15.3. The van der Waals surface area contributed by atoms with Crippen molar-refractivity contribution in [2.75, 3.05) is 0 Å². The largest absolute Gasteiger partial charge is 0.460 e. The summed E-state index contributed by atoms with van der Waals surface area (Å²) in [4.78, 5) is 17.3. The Labute approximate surface area is 135 Å². The lowest BCUT2D eigenvalue weighted by atomic mass is 10.1. The van der Waals surface area contributed by atoms with Crippen molar-refractivity contribution in [1.29, 1.82) is 0 Å². The minimum atomic E-state index is -0.0810. The third-order valence-corrected chi connectivity index (χ3v) is 3.94. The molecule has 1 aromatic carbocycles. The fourth-order valence-corrected chi connectivity index (χ4v) is 2.47. The number of benzene rings is 1. The molecule has 0 aliphatic heterocycles. The third kappa shape index (κ3) is 3.11. The molecule has 4 heteroatoms. The van der Waals surface area contributed by atoms with E-state index in [1.54, 1.807) is 6.07 Å². The predicted molar refractivity (Wildman–Crippen MR) is 91.4 cm³/mol. The van der Waals surface area contributed by atoms with Crippen LogP contribution >= 0.6 is 0 Å². The van der Waals surface area contributed by atoms with Crippen molar-refractivity contribution in [3.8, 4) is 11.5 Å². The van der Waals surface area contributed by atoms with Gasteiger partial charge in [0.1, 0.15) is 11.5 Å². The number of nitrogens with zero attached hydrogens (tertiary/aromatic N) is 1. The molecule has 1 N–H and O–H groups in total. The van der Waals surface area contributed by atoms with E-state index in [1.165, 1.54) is 0 Å². The van der Waals surface area contributed by atoms with Gasteiger partial charge in [-0.2, -0.15) is 0 Å². The number of amides is 1. The summed E-state index contributed by atoms with van der Waals surface area (Å²) in [6, 6.07) is 13.4. The summed E-state index contributed by atoms with van der Waals surface area (Å²) >= 11 is 0. The summed E-state index contributed by atoms with van der Waals surface area (Å²) in [6.07, 6.45) is 0.888. The van der Waals surface area contributed by atoms with Gasteiger partial charge in [-0.1, -0.05) is 25.1 Å². The Kier molecular flexibility index (Phi) is 4.15. The molecule has 2 heterocycles. The molecule has 2 aromatic heterocycles. The van der Waals surface area contributed by atoms with Gasteiger partial charge in [0.2, 0.25) is 0 Å². The van der Waals surface area contributed by atoms with Gasteiger partial charge in [-0.25, -0.2) is 4.98 Å².